The highest BCUT2D eigenvalue weighted by molar-refractivity contribution is 5.71. The number of carbonyl (C=O) groups is 1. The van der Waals surface area contributed by atoms with E-state index in [9.17, 15) is 23.1 Å². The van der Waals surface area contributed by atoms with Crippen LogP contribution >= 0.6 is 0 Å². The number of aromatic nitrogens is 2. The number of nitrogens with zero attached hydrogens (tertiary/aromatic N) is 3. The largest absolute Gasteiger partial charge is 0.481 e. The Hall–Kier alpha value is -3.23. The zero-order chi connectivity index (χ0) is 23.5. The molecule has 0 saturated carbocycles. The van der Waals surface area contributed by atoms with Gasteiger partial charge in [0, 0.05) is 0 Å². The molecule has 1 fully saturated rings. The number of nitrogens with one attached hydrogen (secondary N) is 1. The van der Waals surface area contributed by atoms with Crippen LogP contribution in [0, 0.1) is 18.3 Å². The molecule has 3 rings (SSSR count). The van der Waals surface area contributed by atoms with E-state index in [-0.39, 0.29) is 34.0 Å². The van der Waals surface area contributed by atoms with Crippen LogP contribution in [-0.2, 0) is 26.9 Å². The first-order valence-corrected chi connectivity index (χ1v) is 9.79. The monoisotopic (exact) mass is 450 g/mol. The molecule has 1 aromatic carbocycles. The number of halogens is 3. The van der Waals surface area contributed by atoms with Crippen molar-refractivity contribution in [3.8, 4) is 6.07 Å². The van der Waals surface area contributed by atoms with E-state index in [0.717, 1.165) is 12.1 Å². The van der Waals surface area contributed by atoms with E-state index < -0.39 is 36.5 Å². The minimum absolute atomic E-state index is 0.131. The van der Waals surface area contributed by atoms with Crippen LogP contribution in [0.5, 0.6) is 0 Å². The molecule has 2 heterocycles. The summed E-state index contributed by atoms with van der Waals surface area (Å²) < 4.78 is 51.1. The number of aliphatic carboxylic acids is 1. The van der Waals surface area contributed by atoms with Crippen LogP contribution in [0.3, 0.4) is 0 Å². The Morgan fingerprint density at radius 1 is 1.31 bits per heavy atom. The second-order valence-electron chi connectivity index (χ2n) is 7.30. The highest BCUT2D eigenvalue weighted by Gasteiger charge is 2.32. The molecular weight excluding hydrogens is 429 g/mol. The molecule has 1 aliphatic rings. The van der Waals surface area contributed by atoms with Crippen LogP contribution in [0.2, 0.25) is 0 Å². The van der Waals surface area contributed by atoms with E-state index >= 15 is 0 Å². The number of carboxylic acid groups (broad SMARTS) is 1. The summed E-state index contributed by atoms with van der Waals surface area (Å²) >= 11 is 0. The van der Waals surface area contributed by atoms with Crippen molar-refractivity contribution in [3.05, 3.63) is 52.0 Å². The Balaban J connectivity index is 2.03. The Kier molecular flexibility index (Phi) is 6.96. The van der Waals surface area contributed by atoms with Crippen molar-refractivity contribution < 1.29 is 32.5 Å². The highest BCUT2D eigenvalue weighted by atomic mass is 19.4. The van der Waals surface area contributed by atoms with Crippen LogP contribution in [0.15, 0.2) is 18.2 Å². The van der Waals surface area contributed by atoms with Crippen LogP contribution < -0.4 is 5.32 Å². The van der Waals surface area contributed by atoms with Gasteiger partial charge in [-0.25, -0.2) is 9.97 Å². The molecule has 32 heavy (non-hydrogen) atoms. The lowest BCUT2D eigenvalue weighted by molar-refractivity contribution is -0.183. The second-order valence-corrected chi connectivity index (χ2v) is 7.30. The first-order valence-electron chi connectivity index (χ1n) is 9.79. The number of hydrogen-bond acceptors (Lipinski definition) is 7. The number of carboxylic acids is 1. The van der Waals surface area contributed by atoms with E-state index in [4.69, 9.17) is 14.7 Å². The van der Waals surface area contributed by atoms with Crippen LogP contribution in [0.4, 0.5) is 19.0 Å². The summed E-state index contributed by atoms with van der Waals surface area (Å²) in [4.78, 5) is 19.9. The Labute approximate surface area is 182 Å². The zero-order valence-electron chi connectivity index (χ0n) is 17.4. The zero-order valence-corrected chi connectivity index (χ0v) is 17.4. The average Bonchev–Trinajstić information content (AvgIpc) is 2.72. The molecule has 1 saturated heterocycles. The Morgan fingerprint density at radius 2 is 2.00 bits per heavy atom. The van der Waals surface area contributed by atoms with Crippen LogP contribution in [-0.4, -0.2) is 34.3 Å². The fraction of sp³-hybridized carbons (Fsp3) is 0.429. The van der Waals surface area contributed by atoms with Gasteiger partial charge in [-0.2, -0.15) is 18.4 Å². The van der Waals surface area contributed by atoms with Gasteiger partial charge in [-0.15, -0.1) is 0 Å². The van der Waals surface area contributed by atoms with Gasteiger partial charge in [0.25, 0.3) is 0 Å². The first kappa shape index (κ1) is 23.4. The Bertz CT molecular complexity index is 1050. The summed E-state index contributed by atoms with van der Waals surface area (Å²) in [5, 5.41) is 21.5. The number of ether oxygens (including phenoxy) is 2. The third-order valence-corrected chi connectivity index (χ3v) is 4.78. The molecular formula is C21H21F3N4O4. The van der Waals surface area contributed by atoms with Gasteiger partial charge in [0.2, 0.25) is 0 Å². The molecule has 11 heteroatoms. The molecule has 0 unspecified atom stereocenters. The maximum atomic E-state index is 13.3. The maximum absolute atomic E-state index is 13.3. The predicted octanol–water partition coefficient (Wildman–Crippen LogP) is 3.91. The minimum Gasteiger partial charge on any atom is -0.481 e. The summed E-state index contributed by atoms with van der Waals surface area (Å²) in [6, 6.07) is 4.13. The summed E-state index contributed by atoms with van der Waals surface area (Å²) in [6.45, 7) is 3.96. The molecule has 1 aromatic heterocycles. The molecule has 0 spiro atoms. The molecule has 2 aromatic rings. The predicted molar refractivity (Wildman–Crippen MR) is 106 cm³/mol. The number of rotatable bonds is 6. The van der Waals surface area contributed by atoms with Gasteiger partial charge in [0.05, 0.1) is 54.1 Å². The number of aryl methyl sites for hydroxylation is 1. The van der Waals surface area contributed by atoms with Gasteiger partial charge in [-0.3, -0.25) is 4.79 Å². The fourth-order valence-corrected chi connectivity index (χ4v) is 3.35. The molecule has 0 radical (unpaired) electrons. The highest BCUT2D eigenvalue weighted by Crippen LogP contribution is 2.35. The van der Waals surface area contributed by atoms with Crippen molar-refractivity contribution in [2.24, 2.45) is 0 Å². The third-order valence-electron chi connectivity index (χ3n) is 4.78. The normalized spacial score (nSPS) is 15.8. The van der Waals surface area contributed by atoms with Crippen molar-refractivity contribution in [2.45, 2.75) is 45.2 Å². The second kappa shape index (κ2) is 9.50. The number of anilines is 1. The number of hydrogen-bond donors (Lipinski definition) is 2. The van der Waals surface area contributed by atoms with Crippen molar-refractivity contribution in [1.29, 1.82) is 5.26 Å². The van der Waals surface area contributed by atoms with Gasteiger partial charge in [0.15, 0.2) is 6.29 Å². The topological polar surface area (TPSA) is 117 Å². The summed E-state index contributed by atoms with van der Waals surface area (Å²) in [7, 11) is 0. The number of nitriles is 1. The van der Waals surface area contributed by atoms with Gasteiger partial charge >= 0.3 is 12.1 Å². The van der Waals surface area contributed by atoms with E-state index in [1.165, 1.54) is 6.07 Å². The molecule has 8 nitrogen and oxygen atoms in total. The van der Waals surface area contributed by atoms with Crippen molar-refractivity contribution in [3.63, 3.8) is 0 Å². The molecule has 0 amide bonds. The molecule has 2 N–H and O–H groups in total. The van der Waals surface area contributed by atoms with E-state index in [1.54, 1.807) is 19.9 Å². The Morgan fingerprint density at radius 3 is 2.59 bits per heavy atom. The summed E-state index contributed by atoms with van der Waals surface area (Å²) in [6.07, 6.45) is -5.27. The standard InChI is InChI=1S/C21H21F3N4O4/c1-11(14-6-13(10-25)7-15(8-14)21(22,23)24)26-19-18(20-31-4-3-5-32-20)16(9-17(29)30)27-12(2)28-19/h6-8,11,20H,3-5,9H2,1-2H3,(H,29,30)(H,26,27,28)/t11-/m1/s1. The summed E-state index contributed by atoms with van der Waals surface area (Å²) in [5.74, 6) is -0.642. The molecule has 170 valence electrons. The molecule has 1 atom stereocenters. The lowest BCUT2D eigenvalue weighted by Crippen LogP contribution is -2.24. The van der Waals surface area contributed by atoms with Gasteiger partial charge in [0.1, 0.15) is 11.6 Å². The lowest BCUT2D eigenvalue weighted by atomic mass is 10.0. The number of alkyl halides is 3. The van der Waals surface area contributed by atoms with Crippen LogP contribution in [0.1, 0.15) is 59.4 Å². The van der Waals surface area contributed by atoms with Gasteiger partial charge < -0.3 is 19.9 Å². The van der Waals surface area contributed by atoms with Crippen molar-refractivity contribution >= 4 is 11.8 Å². The maximum Gasteiger partial charge on any atom is 0.416 e. The van der Waals surface area contributed by atoms with E-state index in [2.05, 4.69) is 15.3 Å². The third kappa shape index (κ3) is 5.52. The minimum atomic E-state index is -4.61. The SMILES string of the molecule is Cc1nc(CC(=O)O)c(C2OCCCO2)c(N[C@H](C)c2cc(C#N)cc(C(F)(F)F)c2)n1. The van der Waals surface area contributed by atoms with Crippen LogP contribution in [0.25, 0.3) is 0 Å². The van der Waals surface area contributed by atoms with E-state index in [0.29, 0.717) is 19.6 Å². The first-order chi connectivity index (χ1) is 15.1. The number of benzene rings is 1. The van der Waals surface area contributed by atoms with Crippen molar-refractivity contribution in [2.75, 3.05) is 18.5 Å². The molecule has 1 aliphatic heterocycles. The molecule has 0 bridgehead atoms. The fourth-order valence-electron chi connectivity index (χ4n) is 3.35. The van der Waals surface area contributed by atoms with E-state index in [1.807, 2.05) is 0 Å². The van der Waals surface area contributed by atoms with Crippen molar-refractivity contribution in [1.82, 2.24) is 9.97 Å². The smallest absolute Gasteiger partial charge is 0.416 e. The van der Waals surface area contributed by atoms with Gasteiger partial charge in [-0.05, 0) is 44.0 Å². The average molecular weight is 450 g/mol. The quantitative estimate of drug-likeness (QED) is 0.680. The summed E-state index contributed by atoms with van der Waals surface area (Å²) in [5.41, 5.74) is -0.382. The molecule has 0 aliphatic carbocycles. The van der Waals surface area contributed by atoms with Gasteiger partial charge in [-0.1, -0.05) is 0 Å². The lowest BCUT2D eigenvalue weighted by Gasteiger charge is -2.28.